The SMILES string of the molecule is NC(CS)C(=O)SSC(=O)C(N)CS. The van der Waals surface area contributed by atoms with Gasteiger partial charge in [0.25, 0.3) is 0 Å². The Bertz CT molecular complexity index is 192. The number of carbonyl (C=O) groups excluding carboxylic acids is 2. The van der Waals surface area contributed by atoms with Crippen molar-refractivity contribution in [1.82, 2.24) is 0 Å². The molecule has 2 unspecified atom stereocenters. The van der Waals surface area contributed by atoms with Crippen LogP contribution >= 0.6 is 46.8 Å². The van der Waals surface area contributed by atoms with Gasteiger partial charge in [-0.3, -0.25) is 9.59 Å². The topological polar surface area (TPSA) is 86.2 Å². The predicted octanol–water partition coefficient (Wildman–Crippen LogP) is -0.0648. The molecule has 0 aliphatic rings. The van der Waals surface area contributed by atoms with Crippen LogP contribution < -0.4 is 11.5 Å². The summed E-state index contributed by atoms with van der Waals surface area (Å²) >= 11 is 7.74. The van der Waals surface area contributed by atoms with Gasteiger partial charge in [-0.05, 0) is 21.6 Å². The van der Waals surface area contributed by atoms with E-state index in [1.807, 2.05) is 0 Å². The second-order valence-electron chi connectivity index (χ2n) is 2.38. The van der Waals surface area contributed by atoms with E-state index in [1.165, 1.54) is 0 Å². The Balaban J connectivity index is 3.83. The van der Waals surface area contributed by atoms with E-state index in [2.05, 4.69) is 25.3 Å². The predicted molar refractivity (Wildman–Crippen MR) is 68.9 cm³/mol. The van der Waals surface area contributed by atoms with Crippen molar-refractivity contribution in [3.63, 3.8) is 0 Å². The molecule has 0 bridgehead atoms. The van der Waals surface area contributed by atoms with Gasteiger partial charge >= 0.3 is 0 Å². The maximum atomic E-state index is 11.1. The summed E-state index contributed by atoms with van der Waals surface area (Å²) in [6.07, 6.45) is 0. The minimum absolute atomic E-state index is 0.263. The third kappa shape index (κ3) is 5.52. The average molecular weight is 272 g/mol. The highest BCUT2D eigenvalue weighted by Crippen LogP contribution is 2.25. The number of hydrogen-bond donors (Lipinski definition) is 4. The largest absolute Gasteiger partial charge is 0.320 e. The lowest BCUT2D eigenvalue weighted by Gasteiger charge is -2.07. The molecule has 4 N–H and O–H groups in total. The zero-order valence-corrected chi connectivity index (χ0v) is 10.7. The molecule has 0 rings (SSSR count). The summed E-state index contributed by atoms with van der Waals surface area (Å²) in [6, 6.07) is -1.29. The molecule has 0 spiro atoms. The minimum atomic E-state index is -0.643. The minimum Gasteiger partial charge on any atom is -0.320 e. The van der Waals surface area contributed by atoms with Crippen LogP contribution in [-0.4, -0.2) is 33.8 Å². The monoisotopic (exact) mass is 272 g/mol. The van der Waals surface area contributed by atoms with Crippen LogP contribution in [0.2, 0.25) is 0 Å². The first-order chi connectivity index (χ1) is 6.52. The van der Waals surface area contributed by atoms with E-state index in [0.29, 0.717) is 0 Å². The van der Waals surface area contributed by atoms with Gasteiger partial charge in [0, 0.05) is 11.5 Å². The Hall–Kier alpha value is 0.660. The third-order valence-corrected chi connectivity index (χ3v) is 4.24. The number of rotatable bonds is 4. The number of nitrogens with two attached hydrogens (primary N) is 2. The van der Waals surface area contributed by atoms with E-state index < -0.39 is 12.1 Å². The number of carbonyl (C=O) groups is 2. The summed E-state index contributed by atoms with van der Waals surface area (Å²) in [6.45, 7) is 0. The van der Waals surface area contributed by atoms with Gasteiger partial charge in [-0.25, -0.2) is 0 Å². The standard InChI is InChI=1S/C6H12N2O2S4/c7-3(1-11)5(9)13-14-6(10)4(8)2-12/h3-4,11-12H,1-2,7-8H2. The van der Waals surface area contributed by atoms with Crippen LogP contribution in [0.1, 0.15) is 0 Å². The van der Waals surface area contributed by atoms with E-state index in [-0.39, 0.29) is 21.7 Å². The summed E-state index contributed by atoms with van der Waals surface area (Å²) < 4.78 is 0. The van der Waals surface area contributed by atoms with Crippen LogP contribution in [0.5, 0.6) is 0 Å². The van der Waals surface area contributed by atoms with Crippen molar-refractivity contribution < 1.29 is 9.59 Å². The fourth-order valence-electron chi connectivity index (χ4n) is 0.355. The molecular weight excluding hydrogens is 260 g/mol. The summed E-state index contributed by atoms with van der Waals surface area (Å²) in [5, 5.41) is -0.547. The van der Waals surface area contributed by atoms with Gasteiger partial charge in [0.15, 0.2) is 0 Å². The fraction of sp³-hybridized carbons (Fsp3) is 0.667. The Kier molecular flexibility index (Phi) is 8.26. The van der Waals surface area contributed by atoms with E-state index in [9.17, 15) is 9.59 Å². The maximum absolute atomic E-state index is 11.1. The molecule has 0 fully saturated rings. The van der Waals surface area contributed by atoms with Crippen LogP contribution in [0.25, 0.3) is 0 Å². The second-order valence-corrected chi connectivity index (χ2v) is 5.25. The van der Waals surface area contributed by atoms with Crippen LogP contribution in [0.15, 0.2) is 0 Å². The third-order valence-electron chi connectivity index (χ3n) is 1.20. The molecular formula is C6H12N2O2S4. The zero-order chi connectivity index (χ0) is 11.1. The lowest BCUT2D eigenvalue weighted by atomic mass is 10.4. The molecule has 0 aromatic rings. The van der Waals surface area contributed by atoms with Crippen LogP contribution in [-0.2, 0) is 9.59 Å². The van der Waals surface area contributed by atoms with Gasteiger partial charge in [0.05, 0.1) is 12.1 Å². The summed E-state index contributed by atoms with van der Waals surface area (Å²) in [7, 11) is 1.60. The van der Waals surface area contributed by atoms with E-state index >= 15 is 0 Å². The summed E-state index contributed by atoms with van der Waals surface area (Å²) in [5.41, 5.74) is 10.8. The highest BCUT2D eigenvalue weighted by molar-refractivity contribution is 8.87. The number of hydrogen-bond acceptors (Lipinski definition) is 8. The van der Waals surface area contributed by atoms with Crippen molar-refractivity contribution in [2.24, 2.45) is 11.5 Å². The first-order valence-corrected chi connectivity index (χ1v) is 7.09. The van der Waals surface area contributed by atoms with Gasteiger partial charge in [-0.2, -0.15) is 25.3 Å². The first-order valence-electron chi connectivity index (χ1n) is 3.68. The van der Waals surface area contributed by atoms with E-state index in [0.717, 1.165) is 21.6 Å². The second kappa shape index (κ2) is 7.89. The Morgan fingerprint density at radius 1 is 1.00 bits per heavy atom. The molecule has 8 heteroatoms. The van der Waals surface area contributed by atoms with Crippen molar-refractivity contribution in [1.29, 1.82) is 0 Å². The normalized spacial score (nSPS) is 14.9. The fourth-order valence-corrected chi connectivity index (χ4v) is 2.75. The van der Waals surface area contributed by atoms with Crippen molar-refractivity contribution in [3.05, 3.63) is 0 Å². The molecule has 0 saturated heterocycles. The molecule has 82 valence electrons. The molecule has 0 amide bonds. The zero-order valence-electron chi connectivity index (χ0n) is 7.25. The molecule has 0 aliphatic carbocycles. The molecule has 0 heterocycles. The van der Waals surface area contributed by atoms with Gasteiger partial charge in [0.2, 0.25) is 10.2 Å². The van der Waals surface area contributed by atoms with Crippen molar-refractivity contribution in [3.8, 4) is 0 Å². The Labute approximate surface area is 102 Å². The van der Waals surface area contributed by atoms with Gasteiger partial charge in [0.1, 0.15) is 0 Å². The Morgan fingerprint density at radius 3 is 1.50 bits per heavy atom. The Morgan fingerprint density at radius 2 is 1.29 bits per heavy atom. The maximum Gasteiger partial charge on any atom is 0.217 e. The first kappa shape index (κ1) is 14.7. The van der Waals surface area contributed by atoms with Gasteiger partial charge in [-0.15, -0.1) is 0 Å². The lowest BCUT2D eigenvalue weighted by molar-refractivity contribution is -0.112. The molecule has 2 atom stereocenters. The molecule has 0 aromatic carbocycles. The summed E-state index contributed by atoms with van der Waals surface area (Å²) in [4.78, 5) is 22.3. The molecule has 4 nitrogen and oxygen atoms in total. The highest BCUT2D eigenvalue weighted by Gasteiger charge is 2.18. The van der Waals surface area contributed by atoms with Crippen LogP contribution in [0, 0.1) is 0 Å². The van der Waals surface area contributed by atoms with Crippen LogP contribution in [0.3, 0.4) is 0 Å². The molecule has 0 saturated carbocycles. The van der Waals surface area contributed by atoms with Crippen molar-refractivity contribution >= 4 is 57.1 Å². The average Bonchev–Trinajstić information content (AvgIpc) is 2.22. The van der Waals surface area contributed by atoms with E-state index in [4.69, 9.17) is 11.5 Å². The molecule has 0 radical (unpaired) electrons. The number of thiol groups is 2. The van der Waals surface area contributed by atoms with E-state index in [1.54, 1.807) is 0 Å². The smallest absolute Gasteiger partial charge is 0.217 e. The lowest BCUT2D eigenvalue weighted by Crippen LogP contribution is -2.31. The molecule has 0 aliphatic heterocycles. The van der Waals surface area contributed by atoms with Gasteiger partial charge < -0.3 is 11.5 Å². The highest BCUT2D eigenvalue weighted by atomic mass is 33.1. The van der Waals surface area contributed by atoms with Crippen molar-refractivity contribution in [2.75, 3.05) is 11.5 Å². The van der Waals surface area contributed by atoms with Gasteiger partial charge in [-0.1, -0.05) is 0 Å². The summed E-state index contributed by atoms with van der Waals surface area (Å²) in [5.74, 6) is 0.526. The van der Waals surface area contributed by atoms with Crippen LogP contribution in [0.4, 0.5) is 0 Å². The molecule has 0 aromatic heterocycles. The molecule has 14 heavy (non-hydrogen) atoms. The quantitative estimate of drug-likeness (QED) is 0.424. The van der Waals surface area contributed by atoms with Crippen molar-refractivity contribution in [2.45, 2.75) is 12.1 Å².